The lowest BCUT2D eigenvalue weighted by molar-refractivity contribution is -0.132. The highest BCUT2D eigenvalue weighted by Gasteiger charge is 2.23. The lowest BCUT2D eigenvalue weighted by Crippen LogP contribution is -2.34. The van der Waals surface area contributed by atoms with Crippen molar-refractivity contribution in [1.82, 2.24) is 10.2 Å². The molecule has 0 bridgehead atoms. The van der Waals surface area contributed by atoms with Gasteiger partial charge in [0.1, 0.15) is 11.3 Å². The molecule has 1 aliphatic heterocycles. The maximum atomic E-state index is 12.5. The Hall–Kier alpha value is -1.52. The predicted octanol–water partition coefficient (Wildman–Crippen LogP) is 3.84. The smallest absolute Gasteiger partial charge is 0.222 e. The standard InChI is InChI=1S/C19H26N2O2.ClH/c1-14(15-7-9-20-10-8-15)11-19(22)21(2)13-17-12-16-5-3-4-6-18(16)23-17;/h3-6,12,14-15,20H,7-11,13H2,1-2H3;1H. The number of carbonyl (C=O) groups is 1. The van der Waals surface area contributed by atoms with E-state index in [9.17, 15) is 4.79 Å². The topological polar surface area (TPSA) is 45.5 Å². The van der Waals surface area contributed by atoms with Crippen LogP contribution in [0, 0.1) is 11.8 Å². The van der Waals surface area contributed by atoms with Crippen molar-refractivity contribution in [2.24, 2.45) is 11.8 Å². The molecule has 0 saturated carbocycles. The molecule has 5 heteroatoms. The Bertz CT molecular complexity index is 631. The summed E-state index contributed by atoms with van der Waals surface area (Å²) in [7, 11) is 1.87. The van der Waals surface area contributed by atoms with Crippen LogP contribution in [0.4, 0.5) is 0 Å². The van der Waals surface area contributed by atoms with Crippen molar-refractivity contribution in [2.45, 2.75) is 32.7 Å². The van der Waals surface area contributed by atoms with Gasteiger partial charge < -0.3 is 14.6 Å². The van der Waals surface area contributed by atoms with Gasteiger partial charge in [0.2, 0.25) is 5.91 Å². The minimum absolute atomic E-state index is 0. The van der Waals surface area contributed by atoms with Gasteiger partial charge in [-0.15, -0.1) is 12.4 Å². The van der Waals surface area contributed by atoms with E-state index < -0.39 is 0 Å². The second-order valence-corrected chi connectivity index (χ2v) is 6.77. The number of amides is 1. The first kappa shape index (κ1) is 18.8. The summed E-state index contributed by atoms with van der Waals surface area (Å²) in [5, 5.41) is 4.47. The molecular formula is C19H27ClN2O2. The number of hydrogen-bond acceptors (Lipinski definition) is 3. The van der Waals surface area contributed by atoms with Crippen LogP contribution in [0.5, 0.6) is 0 Å². The van der Waals surface area contributed by atoms with E-state index in [1.54, 1.807) is 4.90 Å². The number of para-hydroxylation sites is 1. The average Bonchev–Trinajstić information content (AvgIpc) is 2.97. The fourth-order valence-corrected chi connectivity index (χ4v) is 3.45. The normalized spacial score (nSPS) is 16.6. The summed E-state index contributed by atoms with van der Waals surface area (Å²) in [6.07, 6.45) is 2.99. The minimum atomic E-state index is 0. The molecule has 1 unspecified atom stereocenters. The van der Waals surface area contributed by atoms with E-state index in [4.69, 9.17) is 4.42 Å². The van der Waals surface area contributed by atoms with E-state index in [1.165, 1.54) is 12.8 Å². The third-order valence-electron chi connectivity index (χ3n) is 4.98. The van der Waals surface area contributed by atoms with Crippen molar-refractivity contribution in [2.75, 3.05) is 20.1 Å². The Labute approximate surface area is 150 Å². The van der Waals surface area contributed by atoms with Crippen LogP contribution < -0.4 is 5.32 Å². The van der Waals surface area contributed by atoms with Gasteiger partial charge in [0, 0.05) is 18.9 Å². The Morgan fingerprint density at radius 2 is 2.04 bits per heavy atom. The summed E-state index contributed by atoms with van der Waals surface area (Å²) in [4.78, 5) is 14.3. The van der Waals surface area contributed by atoms with Crippen LogP contribution in [0.25, 0.3) is 11.0 Å². The maximum Gasteiger partial charge on any atom is 0.222 e. The zero-order valence-electron chi connectivity index (χ0n) is 14.5. The molecule has 1 aromatic heterocycles. The molecule has 1 saturated heterocycles. The number of hydrogen-bond donors (Lipinski definition) is 1. The zero-order chi connectivity index (χ0) is 16.2. The van der Waals surface area contributed by atoms with Crippen molar-refractivity contribution in [3.63, 3.8) is 0 Å². The molecule has 4 nitrogen and oxygen atoms in total. The Morgan fingerprint density at radius 1 is 1.33 bits per heavy atom. The van der Waals surface area contributed by atoms with Crippen LogP contribution in [0.15, 0.2) is 34.7 Å². The highest BCUT2D eigenvalue weighted by atomic mass is 35.5. The lowest BCUT2D eigenvalue weighted by Gasteiger charge is -2.29. The summed E-state index contributed by atoms with van der Waals surface area (Å²) in [6.45, 7) is 4.91. The molecule has 3 rings (SSSR count). The van der Waals surface area contributed by atoms with Gasteiger partial charge in [0.25, 0.3) is 0 Å². The fourth-order valence-electron chi connectivity index (χ4n) is 3.45. The third kappa shape index (κ3) is 4.52. The monoisotopic (exact) mass is 350 g/mol. The van der Waals surface area contributed by atoms with Gasteiger partial charge in [0.15, 0.2) is 0 Å². The fraction of sp³-hybridized carbons (Fsp3) is 0.526. The molecule has 1 fully saturated rings. The van der Waals surface area contributed by atoms with Crippen molar-refractivity contribution in [3.05, 3.63) is 36.1 Å². The molecule has 2 heterocycles. The molecular weight excluding hydrogens is 324 g/mol. The molecule has 1 aliphatic rings. The van der Waals surface area contributed by atoms with E-state index in [1.807, 2.05) is 37.4 Å². The SMILES string of the molecule is CC(CC(=O)N(C)Cc1cc2ccccc2o1)C1CCNCC1.Cl. The first-order chi connectivity index (χ1) is 11.1. The minimum Gasteiger partial charge on any atom is -0.459 e. The summed E-state index contributed by atoms with van der Waals surface area (Å²) >= 11 is 0. The number of carbonyl (C=O) groups excluding carboxylic acids is 1. The number of halogens is 1. The van der Waals surface area contributed by atoms with Gasteiger partial charge in [-0.1, -0.05) is 25.1 Å². The van der Waals surface area contributed by atoms with Gasteiger partial charge in [-0.3, -0.25) is 4.79 Å². The predicted molar refractivity (Wildman–Crippen MR) is 99.3 cm³/mol. The molecule has 0 radical (unpaired) electrons. The Morgan fingerprint density at radius 3 is 2.75 bits per heavy atom. The van der Waals surface area contributed by atoms with E-state index in [0.717, 1.165) is 29.8 Å². The largest absolute Gasteiger partial charge is 0.459 e. The van der Waals surface area contributed by atoms with Crippen LogP contribution >= 0.6 is 12.4 Å². The van der Waals surface area contributed by atoms with Crippen molar-refractivity contribution < 1.29 is 9.21 Å². The third-order valence-corrected chi connectivity index (χ3v) is 4.98. The summed E-state index contributed by atoms with van der Waals surface area (Å²) < 4.78 is 5.81. The molecule has 1 aromatic carbocycles. The molecule has 1 amide bonds. The van der Waals surface area contributed by atoms with Crippen molar-refractivity contribution in [1.29, 1.82) is 0 Å². The summed E-state index contributed by atoms with van der Waals surface area (Å²) in [6, 6.07) is 9.97. The summed E-state index contributed by atoms with van der Waals surface area (Å²) in [5.74, 6) is 2.16. The van der Waals surface area contributed by atoms with Crippen molar-refractivity contribution in [3.8, 4) is 0 Å². The number of fused-ring (bicyclic) bond motifs is 1. The number of piperidine rings is 1. The molecule has 2 aromatic rings. The molecule has 132 valence electrons. The molecule has 1 N–H and O–H groups in total. The van der Waals surface area contributed by atoms with E-state index in [2.05, 4.69) is 12.2 Å². The number of benzene rings is 1. The van der Waals surface area contributed by atoms with Gasteiger partial charge >= 0.3 is 0 Å². The van der Waals surface area contributed by atoms with Gasteiger partial charge in [-0.2, -0.15) is 0 Å². The zero-order valence-corrected chi connectivity index (χ0v) is 15.3. The van der Waals surface area contributed by atoms with E-state index >= 15 is 0 Å². The van der Waals surface area contributed by atoms with Gasteiger partial charge in [-0.05, 0) is 49.9 Å². The molecule has 1 atom stereocenters. The van der Waals surface area contributed by atoms with Crippen LogP contribution in [0.2, 0.25) is 0 Å². The van der Waals surface area contributed by atoms with Crippen LogP contribution in [0.1, 0.15) is 31.9 Å². The Kier molecular flexibility index (Phi) is 6.69. The molecule has 24 heavy (non-hydrogen) atoms. The highest BCUT2D eigenvalue weighted by molar-refractivity contribution is 5.85. The quantitative estimate of drug-likeness (QED) is 0.891. The molecule has 0 aliphatic carbocycles. The number of rotatable bonds is 5. The second kappa shape index (κ2) is 8.54. The first-order valence-electron chi connectivity index (χ1n) is 8.55. The number of nitrogens with zero attached hydrogens (tertiary/aromatic N) is 1. The van der Waals surface area contributed by atoms with E-state index in [-0.39, 0.29) is 18.3 Å². The van der Waals surface area contributed by atoms with Gasteiger partial charge in [-0.25, -0.2) is 0 Å². The number of nitrogens with one attached hydrogen (secondary N) is 1. The summed E-state index contributed by atoms with van der Waals surface area (Å²) in [5.41, 5.74) is 0.881. The van der Waals surface area contributed by atoms with Crippen LogP contribution in [0.3, 0.4) is 0 Å². The molecule has 0 spiro atoms. The van der Waals surface area contributed by atoms with Gasteiger partial charge in [0.05, 0.1) is 6.54 Å². The van der Waals surface area contributed by atoms with Crippen molar-refractivity contribution >= 4 is 29.3 Å². The average molecular weight is 351 g/mol. The van der Waals surface area contributed by atoms with Crippen LogP contribution in [-0.2, 0) is 11.3 Å². The lowest BCUT2D eigenvalue weighted by atomic mass is 9.84. The maximum absolute atomic E-state index is 12.5. The van der Waals surface area contributed by atoms with Crippen LogP contribution in [-0.4, -0.2) is 30.9 Å². The highest BCUT2D eigenvalue weighted by Crippen LogP contribution is 2.25. The Balaban J connectivity index is 0.00000208. The number of furan rings is 1. The second-order valence-electron chi connectivity index (χ2n) is 6.77. The van der Waals surface area contributed by atoms with E-state index in [0.29, 0.717) is 24.8 Å². The first-order valence-corrected chi connectivity index (χ1v) is 8.55.